The van der Waals surface area contributed by atoms with Crippen molar-refractivity contribution in [2.24, 2.45) is 10.8 Å². The fourth-order valence-electron chi connectivity index (χ4n) is 1.83. The molecule has 0 atom stereocenters. The molecule has 100 valence electrons. The minimum absolute atomic E-state index is 0.243. The molecule has 0 aromatic carbocycles. The maximum Gasteiger partial charge on any atom is 0.332 e. The van der Waals surface area contributed by atoms with Gasteiger partial charge in [-0.3, -0.25) is 4.79 Å². The van der Waals surface area contributed by atoms with Crippen molar-refractivity contribution in [3.63, 3.8) is 0 Å². The van der Waals surface area contributed by atoms with Crippen molar-refractivity contribution in [3.05, 3.63) is 11.6 Å². The summed E-state index contributed by atoms with van der Waals surface area (Å²) in [5.41, 5.74) is 8.99. The Bertz CT molecular complexity index is 375. The molecule has 0 fully saturated rings. The molecular formula is C12H19N3O3. The largest absolute Gasteiger partial charge is 0.469 e. The second-order valence-corrected chi connectivity index (χ2v) is 4.09. The number of hydrogen-bond donors (Lipinski definition) is 2. The molecule has 0 aliphatic heterocycles. The maximum absolute atomic E-state index is 11.1. The lowest BCUT2D eigenvalue weighted by atomic mass is 9.94. The number of hydrogen-bond acceptors (Lipinski definition) is 4. The number of hydrazone groups is 1. The third kappa shape index (κ3) is 4.99. The van der Waals surface area contributed by atoms with Crippen LogP contribution in [0.25, 0.3) is 0 Å². The summed E-state index contributed by atoms with van der Waals surface area (Å²) in [5, 5.41) is 3.97. The first kappa shape index (κ1) is 14.2. The summed E-state index contributed by atoms with van der Waals surface area (Å²) in [6, 6.07) is -0.707. The van der Waals surface area contributed by atoms with Gasteiger partial charge in [-0.25, -0.2) is 10.2 Å². The van der Waals surface area contributed by atoms with E-state index in [0.717, 1.165) is 31.3 Å². The van der Waals surface area contributed by atoms with E-state index in [1.807, 2.05) is 0 Å². The molecule has 0 unspecified atom stereocenters. The Morgan fingerprint density at radius 3 is 2.78 bits per heavy atom. The molecule has 0 spiro atoms. The summed E-state index contributed by atoms with van der Waals surface area (Å²) in [5.74, 6) is -0.293. The van der Waals surface area contributed by atoms with Gasteiger partial charge in [0.05, 0.1) is 19.2 Å². The van der Waals surface area contributed by atoms with Gasteiger partial charge in [0.25, 0.3) is 0 Å². The van der Waals surface area contributed by atoms with Gasteiger partial charge in [-0.1, -0.05) is 6.08 Å². The molecule has 0 aromatic heterocycles. The molecular weight excluding hydrogens is 234 g/mol. The SMILES string of the molecule is COC(=O)CC/C(=N/NC(N)=O)C1=CCCCC1. The summed E-state index contributed by atoms with van der Waals surface area (Å²) in [7, 11) is 1.35. The van der Waals surface area contributed by atoms with Gasteiger partial charge in [0.15, 0.2) is 0 Å². The molecule has 1 aliphatic rings. The molecule has 0 radical (unpaired) electrons. The summed E-state index contributed by atoms with van der Waals surface area (Å²) >= 11 is 0. The molecule has 0 saturated heterocycles. The van der Waals surface area contributed by atoms with Crippen molar-refractivity contribution in [3.8, 4) is 0 Å². The van der Waals surface area contributed by atoms with Gasteiger partial charge in [0, 0.05) is 6.42 Å². The van der Waals surface area contributed by atoms with Crippen LogP contribution < -0.4 is 11.2 Å². The van der Waals surface area contributed by atoms with Crippen LogP contribution in [0, 0.1) is 0 Å². The molecule has 1 aliphatic carbocycles. The van der Waals surface area contributed by atoms with Gasteiger partial charge >= 0.3 is 12.0 Å². The number of esters is 1. The Labute approximate surface area is 106 Å². The number of urea groups is 1. The fraction of sp³-hybridized carbons (Fsp3) is 0.583. The van der Waals surface area contributed by atoms with E-state index in [-0.39, 0.29) is 12.4 Å². The standard InChI is InChI=1S/C12H19N3O3/c1-18-11(16)8-7-10(14-15-12(13)17)9-5-3-2-4-6-9/h5H,2-4,6-8H2,1H3,(H3,13,15,17)/b14-10-. The monoisotopic (exact) mass is 253 g/mol. The van der Waals surface area contributed by atoms with Crippen LogP contribution in [0.1, 0.15) is 38.5 Å². The third-order valence-electron chi connectivity index (χ3n) is 2.76. The fourth-order valence-corrected chi connectivity index (χ4v) is 1.83. The van der Waals surface area contributed by atoms with Crippen LogP contribution >= 0.6 is 0 Å². The number of amides is 2. The van der Waals surface area contributed by atoms with E-state index in [1.165, 1.54) is 7.11 Å². The van der Waals surface area contributed by atoms with Gasteiger partial charge in [0.1, 0.15) is 0 Å². The van der Waals surface area contributed by atoms with Crippen molar-refractivity contribution in [1.82, 2.24) is 5.43 Å². The number of nitrogens with zero attached hydrogens (tertiary/aromatic N) is 1. The van der Waals surface area contributed by atoms with E-state index < -0.39 is 6.03 Å². The second-order valence-electron chi connectivity index (χ2n) is 4.09. The van der Waals surface area contributed by atoms with Gasteiger partial charge in [-0.2, -0.15) is 5.10 Å². The van der Waals surface area contributed by atoms with Crippen molar-refractivity contribution in [2.75, 3.05) is 7.11 Å². The lowest BCUT2D eigenvalue weighted by molar-refractivity contribution is -0.140. The van der Waals surface area contributed by atoms with Crippen LogP contribution in [0.2, 0.25) is 0 Å². The quantitative estimate of drug-likeness (QED) is 0.441. The van der Waals surface area contributed by atoms with Gasteiger partial charge in [-0.05, 0) is 31.3 Å². The topological polar surface area (TPSA) is 93.8 Å². The molecule has 6 nitrogen and oxygen atoms in total. The maximum atomic E-state index is 11.1. The number of methoxy groups -OCH3 is 1. The number of nitrogens with two attached hydrogens (primary N) is 1. The van der Waals surface area contributed by atoms with Crippen molar-refractivity contribution in [2.45, 2.75) is 38.5 Å². The first-order valence-electron chi connectivity index (χ1n) is 6.01. The van der Waals surface area contributed by atoms with Crippen LogP contribution in [0.5, 0.6) is 0 Å². The average molecular weight is 253 g/mol. The van der Waals surface area contributed by atoms with Crippen molar-refractivity contribution in [1.29, 1.82) is 0 Å². The minimum Gasteiger partial charge on any atom is -0.469 e. The number of allylic oxidation sites excluding steroid dienone is 2. The van der Waals surface area contributed by atoms with E-state index in [0.29, 0.717) is 12.1 Å². The summed E-state index contributed by atoms with van der Waals surface area (Å²) in [6.45, 7) is 0. The van der Waals surface area contributed by atoms with Crippen LogP contribution in [0.3, 0.4) is 0 Å². The normalized spacial score (nSPS) is 15.8. The molecule has 0 aromatic rings. The minimum atomic E-state index is -0.707. The highest BCUT2D eigenvalue weighted by Gasteiger charge is 2.13. The lowest BCUT2D eigenvalue weighted by Crippen LogP contribution is -2.26. The van der Waals surface area contributed by atoms with Gasteiger partial charge in [0.2, 0.25) is 0 Å². The van der Waals surface area contributed by atoms with E-state index in [4.69, 9.17) is 5.73 Å². The summed E-state index contributed by atoms with van der Waals surface area (Å²) < 4.78 is 4.59. The molecule has 18 heavy (non-hydrogen) atoms. The predicted molar refractivity (Wildman–Crippen MR) is 68.0 cm³/mol. The van der Waals surface area contributed by atoms with E-state index >= 15 is 0 Å². The van der Waals surface area contributed by atoms with Gasteiger partial charge in [-0.15, -0.1) is 0 Å². The van der Waals surface area contributed by atoms with Crippen LogP contribution in [-0.4, -0.2) is 24.8 Å². The van der Waals surface area contributed by atoms with Crippen LogP contribution in [-0.2, 0) is 9.53 Å². The molecule has 3 N–H and O–H groups in total. The summed E-state index contributed by atoms with van der Waals surface area (Å²) in [6.07, 6.45) is 6.97. The molecule has 0 saturated carbocycles. The van der Waals surface area contributed by atoms with E-state index in [9.17, 15) is 9.59 Å². The van der Waals surface area contributed by atoms with E-state index in [1.54, 1.807) is 0 Å². The zero-order valence-corrected chi connectivity index (χ0v) is 10.6. The van der Waals surface area contributed by atoms with Crippen molar-refractivity contribution < 1.29 is 14.3 Å². The summed E-state index contributed by atoms with van der Waals surface area (Å²) in [4.78, 5) is 21.8. The Balaban J connectivity index is 2.68. The molecule has 1 rings (SSSR count). The van der Waals surface area contributed by atoms with Crippen LogP contribution in [0.4, 0.5) is 4.79 Å². The Morgan fingerprint density at radius 2 is 2.22 bits per heavy atom. The predicted octanol–water partition coefficient (Wildman–Crippen LogP) is 1.46. The smallest absolute Gasteiger partial charge is 0.332 e. The number of carbonyl (C=O) groups excluding carboxylic acids is 2. The molecule has 0 heterocycles. The zero-order chi connectivity index (χ0) is 13.4. The molecule has 2 amide bonds. The average Bonchev–Trinajstić information content (AvgIpc) is 2.39. The molecule has 0 bridgehead atoms. The highest BCUT2D eigenvalue weighted by Crippen LogP contribution is 2.20. The Morgan fingerprint density at radius 1 is 1.44 bits per heavy atom. The van der Waals surface area contributed by atoms with Crippen molar-refractivity contribution >= 4 is 17.7 Å². The molecule has 6 heteroatoms. The number of primary amides is 1. The first-order valence-corrected chi connectivity index (χ1v) is 6.01. The Kier molecular flexibility index (Phi) is 5.90. The first-order chi connectivity index (χ1) is 8.63. The second kappa shape index (κ2) is 7.47. The van der Waals surface area contributed by atoms with E-state index in [2.05, 4.69) is 21.3 Å². The number of carbonyl (C=O) groups is 2. The third-order valence-corrected chi connectivity index (χ3v) is 2.76. The lowest BCUT2D eigenvalue weighted by Gasteiger charge is -2.14. The Hall–Kier alpha value is -1.85. The zero-order valence-electron chi connectivity index (χ0n) is 10.6. The van der Waals surface area contributed by atoms with Gasteiger partial charge < -0.3 is 10.5 Å². The number of nitrogens with one attached hydrogen (secondary N) is 1. The highest BCUT2D eigenvalue weighted by molar-refractivity contribution is 6.01. The van der Waals surface area contributed by atoms with Crippen LogP contribution in [0.15, 0.2) is 16.8 Å². The number of rotatable bonds is 5. The number of ether oxygens (including phenoxy) is 1. The highest BCUT2D eigenvalue weighted by atomic mass is 16.5.